The topological polar surface area (TPSA) is 76.5 Å². The van der Waals surface area contributed by atoms with E-state index in [4.69, 9.17) is 4.74 Å². The number of nitrogens with zero attached hydrogens (tertiary/aromatic N) is 3. The predicted octanol–water partition coefficient (Wildman–Crippen LogP) is 2.66. The minimum atomic E-state index is -0.102. The van der Waals surface area contributed by atoms with Gasteiger partial charge in [0.2, 0.25) is 5.91 Å². The standard InChI is InChI=1S/C22H32N4O3/c1-16(2)26-15-18-6-4-7-19(21(18)24-26)20(27)14-23-22(28)17-8-11-25(12-9-17)10-5-13-29-3/h4,6-7,15-17H,5,8-14H2,1-3H3,(H,23,28). The van der Waals surface area contributed by atoms with Gasteiger partial charge >= 0.3 is 0 Å². The van der Waals surface area contributed by atoms with Crippen LogP contribution in [0, 0.1) is 5.92 Å². The van der Waals surface area contributed by atoms with E-state index in [0.29, 0.717) is 11.1 Å². The lowest BCUT2D eigenvalue weighted by molar-refractivity contribution is -0.126. The van der Waals surface area contributed by atoms with Crippen molar-refractivity contribution in [2.75, 3.05) is 39.9 Å². The Bertz CT molecular complexity index is 838. The second-order valence-corrected chi connectivity index (χ2v) is 8.05. The molecule has 0 atom stereocenters. The number of methoxy groups -OCH3 is 1. The van der Waals surface area contributed by atoms with Gasteiger partial charge in [0.25, 0.3) is 0 Å². The Morgan fingerprint density at radius 3 is 2.72 bits per heavy atom. The van der Waals surface area contributed by atoms with Crippen molar-refractivity contribution >= 4 is 22.6 Å². The minimum Gasteiger partial charge on any atom is -0.385 e. The lowest BCUT2D eigenvalue weighted by atomic mass is 9.95. The fourth-order valence-corrected chi connectivity index (χ4v) is 3.81. The molecule has 2 heterocycles. The molecule has 0 aliphatic carbocycles. The number of amides is 1. The molecule has 2 aromatic rings. The van der Waals surface area contributed by atoms with Crippen molar-refractivity contribution in [3.63, 3.8) is 0 Å². The summed E-state index contributed by atoms with van der Waals surface area (Å²) in [6, 6.07) is 5.83. The van der Waals surface area contributed by atoms with Crippen LogP contribution in [0.4, 0.5) is 0 Å². The van der Waals surface area contributed by atoms with Gasteiger partial charge in [0.1, 0.15) is 5.52 Å². The van der Waals surface area contributed by atoms with Crippen LogP contribution in [0.1, 0.15) is 49.5 Å². The number of Topliss-reactive ketones (excluding diaryl/α,β-unsaturated/α-hetero) is 1. The van der Waals surface area contributed by atoms with Gasteiger partial charge in [-0.1, -0.05) is 12.1 Å². The number of ketones is 1. The fourth-order valence-electron chi connectivity index (χ4n) is 3.81. The lowest BCUT2D eigenvalue weighted by Gasteiger charge is -2.31. The number of carbonyl (C=O) groups is 2. The van der Waals surface area contributed by atoms with Crippen LogP contribution >= 0.6 is 0 Å². The van der Waals surface area contributed by atoms with Gasteiger partial charge in [0, 0.05) is 49.4 Å². The summed E-state index contributed by atoms with van der Waals surface area (Å²) in [7, 11) is 1.72. The van der Waals surface area contributed by atoms with Crippen molar-refractivity contribution in [2.24, 2.45) is 5.92 Å². The molecule has 1 saturated heterocycles. The summed E-state index contributed by atoms with van der Waals surface area (Å²) in [4.78, 5) is 27.7. The van der Waals surface area contributed by atoms with E-state index in [0.717, 1.165) is 50.9 Å². The van der Waals surface area contributed by atoms with Gasteiger partial charge in [-0.2, -0.15) is 5.10 Å². The average Bonchev–Trinajstić information content (AvgIpc) is 3.17. The third kappa shape index (κ3) is 5.42. The van der Waals surface area contributed by atoms with Crippen LogP contribution in [0.2, 0.25) is 0 Å². The predicted molar refractivity (Wildman–Crippen MR) is 113 cm³/mol. The van der Waals surface area contributed by atoms with Crippen LogP contribution in [0.5, 0.6) is 0 Å². The van der Waals surface area contributed by atoms with E-state index < -0.39 is 0 Å². The van der Waals surface area contributed by atoms with Crippen molar-refractivity contribution in [1.29, 1.82) is 0 Å². The highest BCUT2D eigenvalue weighted by atomic mass is 16.5. The van der Waals surface area contributed by atoms with Gasteiger partial charge in [-0.05, 0) is 52.3 Å². The first-order valence-corrected chi connectivity index (χ1v) is 10.5. The molecule has 7 heteroatoms. The second kappa shape index (κ2) is 9.98. The summed E-state index contributed by atoms with van der Waals surface area (Å²) in [5.74, 6) is -0.137. The minimum absolute atomic E-state index is 0.0144. The zero-order valence-corrected chi connectivity index (χ0v) is 17.7. The van der Waals surface area contributed by atoms with E-state index in [1.807, 2.05) is 23.0 Å². The Hall–Kier alpha value is -2.25. The van der Waals surface area contributed by atoms with Gasteiger partial charge in [0.05, 0.1) is 6.54 Å². The number of ether oxygens (including phenoxy) is 1. The molecule has 0 saturated carbocycles. The van der Waals surface area contributed by atoms with Crippen molar-refractivity contribution in [2.45, 2.75) is 39.2 Å². The highest BCUT2D eigenvalue weighted by molar-refractivity contribution is 6.08. The monoisotopic (exact) mass is 400 g/mol. The maximum Gasteiger partial charge on any atom is 0.223 e. The van der Waals surface area contributed by atoms with Crippen molar-refractivity contribution < 1.29 is 14.3 Å². The normalized spacial score (nSPS) is 15.9. The third-order valence-electron chi connectivity index (χ3n) is 5.59. The lowest BCUT2D eigenvalue weighted by Crippen LogP contribution is -2.42. The molecule has 3 rings (SSSR count). The highest BCUT2D eigenvalue weighted by Crippen LogP contribution is 2.20. The Balaban J connectivity index is 1.52. The van der Waals surface area contributed by atoms with E-state index >= 15 is 0 Å². The van der Waals surface area contributed by atoms with E-state index in [-0.39, 0.29) is 30.2 Å². The SMILES string of the molecule is COCCCN1CCC(C(=O)NCC(=O)c2cccc3cn(C(C)C)nc23)CC1. The number of rotatable bonds is 9. The largest absolute Gasteiger partial charge is 0.385 e. The molecule has 1 fully saturated rings. The van der Waals surface area contributed by atoms with Crippen molar-refractivity contribution in [1.82, 2.24) is 20.0 Å². The van der Waals surface area contributed by atoms with Gasteiger partial charge < -0.3 is 15.0 Å². The first-order valence-electron chi connectivity index (χ1n) is 10.5. The summed E-state index contributed by atoms with van der Waals surface area (Å²) in [5, 5.41) is 8.35. The maximum atomic E-state index is 12.7. The molecule has 1 aromatic heterocycles. The Kier molecular flexibility index (Phi) is 7.39. The summed E-state index contributed by atoms with van der Waals surface area (Å²) in [5.41, 5.74) is 1.26. The molecule has 0 bridgehead atoms. The van der Waals surface area contributed by atoms with Crippen LogP contribution in [0.3, 0.4) is 0 Å². The summed E-state index contributed by atoms with van der Waals surface area (Å²) < 4.78 is 6.96. The molecule has 0 spiro atoms. The third-order valence-corrected chi connectivity index (χ3v) is 5.59. The summed E-state index contributed by atoms with van der Waals surface area (Å²) in [6.07, 6.45) is 4.64. The number of likely N-dealkylation sites (tertiary alicyclic amines) is 1. The Morgan fingerprint density at radius 2 is 2.03 bits per heavy atom. The molecule has 1 amide bonds. The maximum absolute atomic E-state index is 12.7. The number of benzene rings is 1. The average molecular weight is 401 g/mol. The number of fused-ring (bicyclic) bond motifs is 1. The number of hydrogen-bond donors (Lipinski definition) is 1. The fraction of sp³-hybridized carbons (Fsp3) is 0.591. The molecular weight excluding hydrogens is 368 g/mol. The molecule has 29 heavy (non-hydrogen) atoms. The number of piperidine rings is 1. The van der Waals surface area contributed by atoms with E-state index in [1.165, 1.54) is 0 Å². The molecule has 7 nitrogen and oxygen atoms in total. The Morgan fingerprint density at radius 1 is 1.28 bits per heavy atom. The zero-order valence-electron chi connectivity index (χ0n) is 17.7. The van der Waals surface area contributed by atoms with E-state index in [1.54, 1.807) is 13.2 Å². The van der Waals surface area contributed by atoms with E-state index in [2.05, 4.69) is 29.2 Å². The molecule has 158 valence electrons. The number of hydrogen-bond acceptors (Lipinski definition) is 5. The molecule has 1 N–H and O–H groups in total. The number of nitrogens with one attached hydrogen (secondary N) is 1. The van der Waals surface area contributed by atoms with Gasteiger partial charge in [-0.3, -0.25) is 14.3 Å². The van der Waals surface area contributed by atoms with Crippen LogP contribution in [0.15, 0.2) is 24.4 Å². The van der Waals surface area contributed by atoms with Gasteiger partial charge in [-0.15, -0.1) is 0 Å². The Labute approximate surface area is 172 Å². The number of carbonyl (C=O) groups excluding carboxylic acids is 2. The molecule has 1 aliphatic heterocycles. The highest BCUT2D eigenvalue weighted by Gasteiger charge is 2.25. The van der Waals surface area contributed by atoms with Crippen LogP contribution in [-0.4, -0.2) is 66.3 Å². The summed E-state index contributed by atoms with van der Waals surface area (Å²) >= 11 is 0. The smallest absolute Gasteiger partial charge is 0.223 e. The molecular formula is C22H32N4O3. The zero-order chi connectivity index (χ0) is 20.8. The molecule has 1 aliphatic rings. The molecule has 0 radical (unpaired) electrons. The second-order valence-electron chi connectivity index (χ2n) is 8.05. The number of aromatic nitrogens is 2. The van der Waals surface area contributed by atoms with Gasteiger partial charge in [-0.25, -0.2) is 0 Å². The molecule has 1 aromatic carbocycles. The van der Waals surface area contributed by atoms with Crippen LogP contribution < -0.4 is 5.32 Å². The van der Waals surface area contributed by atoms with Crippen molar-refractivity contribution in [3.05, 3.63) is 30.0 Å². The quantitative estimate of drug-likeness (QED) is 0.517. The molecule has 0 unspecified atom stereocenters. The van der Waals surface area contributed by atoms with Crippen LogP contribution in [0.25, 0.3) is 10.9 Å². The summed E-state index contributed by atoms with van der Waals surface area (Å²) in [6.45, 7) is 7.73. The first-order chi connectivity index (χ1) is 14.0. The van der Waals surface area contributed by atoms with Crippen LogP contribution in [-0.2, 0) is 9.53 Å². The van der Waals surface area contributed by atoms with E-state index in [9.17, 15) is 9.59 Å². The van der Waals surface area contributed by atoms with Gasteiger partial charge in [0.15, 0.2) is 5.78 Å². The van der Waals surface area contributed by atoms with Crippen molar-refractivity contribution in [3.8, 4) is 0 Å². The first kappa shape index (κ1) is 21.5.